The molecule has 0 aliphatic carbocycles. The Morgan fingerprint density at radius 2 is 1.71 bits per heavy atom. The second-order valence-corrected chi connectivity index (χ2v) is 10.7. The van der Waals surface area contributed by atoms with E-state index in [4.69, 9.17) is 4.74 Å². The van der Waals surface area contributed by atoms with Crippen LogP contribution in [0.5, 0.6) is 5.75 Å². The van der Waals surface area contributed by atoms with Crippen LogP contribution in [-0.2, 0) is 10.2 Å². The summed E-state index contributed by atoms with van der Waals surface area (Å²) in [6.07, 6.45) is 3.60. The molecular weight excluding hydrogens is 514 g/mol. The average molecular weight is 542 g/mol. The SMILES string of the molecule is COc1cccc(C(=O)C2C(C(=O)c3ccccn3)C3(C(=O)Nc4ccccc43)C3C=C(C)c4ccccc4N23)c1. The fraction of sp³-hybridized carbons (Fsp3) is 0.176. The zero-order chi connectivity index (χ0) is 28.3. The second kappa shape index (κ2) is 9.27. The first-order valence-corrected chi connectivity index (χ1v) is 13.6. The van der Waals surface area contributed by atoms with Crippen LogP contribution in [0.15, 0.2) is 103 Å². The molecule has 4 atom stereocenters. The minimum Gasteiger partial charge on any atom is -0.497 e. The van der Waals surface area contributed by atoms with Gasteiger partial charge in [-0.05, 0) is 54.5 Å². The number of ether oxygens (including phenoxy) is 1. The summed E-state index contributed by atoms with van der Waals surface area (Å²) in [6.45, 7) is 2.01. The molecule has 3 aliphatic heterocycles. The molecule has 0 bridgehead atoms. The minimum atomic E-state index is -1.38. The van der Waals surface area contributed by atoms with E-state index in [9.17, 15) is 14.4 Å². The number of amides is 1. The molecule has 4 unspecified atom stereocenters. The number of hydrogen-bond donors (Lipinski definition) is 1. The number of aromatic nitrogens is 1. The Bertz CT molecular complexity index is 1760. The molecule has 7 rings (SSSR count). The lowest BCUT2D eigenvalue weighted by molar-refractivity contribution is -0.121. The Morgan fingerprint density at radius 3 is 2.51 bits per heavy atom. The molecule has 1 saturated heterocycles. The maximum Gasteiger partial charge on any atom is 0.238 e. The predicted molar refractivity (Wildman–Crippen MR) is 156 cm³/mol. The van der Waals surface area contributed by atoms with Crippen molar-refractivity contribution in [3.05, 3.63) is 126 Å². The van der Waals surface area contributed by atoms with Crippen molar-refractivity contribution in [1.29, 1.82) is 0 Å². The van der Waals surface area contributed by atoms with Crippen molar-refractivity contribution in [3.63, 3.8) is 0 Å². The van der Waals surface area contributed by atoms with E-state index in [2.05, 4.69) is 10.3 Å². The number of carbonyl (C=O) groups excluding carboxylic acids is 3. The van der Waals surface area contributed by atoms with Crippen molar-refractivity contribution in [2.24, 2.45) is 5.92 Å². The smallest absolute Gasteiger partial charge is 0.238 e. The summed E-state index contributed by atoms with van der Waals surface area (Å²) in [4.78, 5) is 50.2. The van der Waals surface area contributed by atoms with E-state index in [1.807, 2.05) is 66.4 Å². The lowest BCUT2D eigenvalue weighted by Crippen LogP contribution is -2.51. The van der Waals surface area contributed by atoms with Crippen LogP contribution in [0.2, 0.25) is 0 Å². The molecule has 0 saturated carbocycles. The van der Waals surface area contributed by atoms with Crippen molar-refractivity contribution in [1.82, 2.24) is 4.98 Å². The first-order valence-electron chi connectivity index (χ1n) is 13.6. The summed E-state index contributed by atoms with van der Waals surface area (Å²) >= 11 is 0. The van der Waals surface area contributed by atoms with Gasteiger partial charge >= 0.3 is 0 Å². The third-order valence-electron chi connectivity index (χ3n) is 8.71. The van der Waals surface area contributed by atoms with Gasteiger partial charge in [-0.1, -0.05) is 60.7 Å². The van der Waals surface area contributed by atoms with Gasteiger partial charge in [0.25, 0.3) is 0 Å². The quantitative estimate of drug-likeness (QED) is 0.344. The van der Waals surface area contributed by atoms with Crippen LogP contribution < -0.4 is 15.0 Å². The Labute approximate surface area is 237 Å². The van der Waals surface area contributed by atoms with Crippen LogP contribution >= 0.6 is 0 Å². The molecule has 7 heteroatoms. The summed E-state index contributed by atoms with van der Waals surface area (Å²) in [5.41, 5.74) is 3.35. The average Bonchev–Trinajstić information content (AvgIpc) is 3.49. The van der Waals surface area contributed by atoms with E-state index < -0.39 is 23.4 Å². The van der Waals surface area contributed by atoms with Gasteiger partial charge in [0.15, 0.2) is 11.6 Å². The van der Waals surface area contributed by atoms with Crippen LogP contribution in [0.3, 0.4) is 0 Å². The molecule has 1 spiro atoms. The van der Waals surface area contributed by atoms with E-state index >= 15 is 0 Å². The summed E-state index contributed by atoms with van der Waals surface area (Å²) in [7, 11) is 1.55. The molecule has 7 nitrogen and oxygen atoms in total. The van der Waals surface area contributed by atoms with Gasteiger partial charge in [-0.15, -0.1) is 0 Å². The first kappa shape index (κ1) is 25.0. The molecule has 202 valence electrons. The highest BCUT2D eigenvalue weighted by molar-refractivity contribution is 6.18. The number of methoxy groups -OCH3 is 1. The van der Waals surface area contributed by atoms with Crippen molar-refractivity contribution in [2.75, 3.05) is 17.3 Å². The number of nitrogens with zero attached hydrogens (tertiary/aromatic N) is 2. The van der Waals surface area contributed by atoms with Crippen LogP contribution in [0.4, 0.5) is 11.4 Å². The lowest BCUT2D eigenvalue weighted by atomic mass is 9.64. The Morgan fingerprint density at radius 1 is 0.927 bits per heavy atom. The molecule has 1 fully saturated rings. The van der Waals surface area contributed by atoms with Crippen molar-refractivity contribution in [2.45, 2.75) is 24.4 Å². The Kier molecular flexibility index (Phi) is 5.64. The molecule has 1 amide bonds. The second-order valence-electron chi connectivity index (χ2n) is 10.7. The number of nitrogens with one attached hydrogen (secondary N) is 1. The highest BCUT2D eigenvalue weighted by Crippen LogP contribution is 2.58. The standard InChI is InChI=1S/C34H27N3O4/c1-20-18-28-34(24-13-4-5-14-25(24)36-33(34)40)29(32(39)26-15-7-8-17-35-26)30(37(28)27-16-6-3-12-23(20)27)31(38)21-10-9-11-22(19-21)41-2/h3-19,28-30H,1-2H3,(H,36,40). The molecule has 1 N–H and O–H groups in total. The zero-order valence-corrected chi connectivity index (χ0v) is 22.6. The van der Waals surface area contributed by atoms with Gasteiger partial charge in [-0.2, -0.15) is 0 Å². The highest BCUT2D eigenvalue weighted by atomic mass is 16.5. The molecule has 3 aromatic carbocycles. The van der Waals surface area contributed by atoms with Crippen molar-refractivity contribution in [3.8, 4) is 5.75 Å². The number of fused-ring (bicyclic) bond motifs is 6. The van der Waals surface area contributed by atoms with Crippen LogP contribution in [0.25, 0.3) is 5.57 Å². The third kappa shape index (κ3) is 3.45. The van der Waals surface area contributed by atoms with Gasteiger partial charge in [0.2, 0.25) is 5.91 Å². The monoisotopic (exact) mass is 541 g/mol. The zero-order valence-electron chi connectivity index (χ0n) is 22.6. The summed E-state index contributed by atoms with van der Waals surface area (Å²) in [5, 5.41) is 3.06. The lowest BCUT2D eigenvalue weighted by Gasteiger charge is -2.39. The number of ketones is 2. The third-order valence-corrected chi connectivity index (χ3v) is 8.71. The number of hydrogen-bond acceptors (Lipinski definition) is 6. The number of Topliss-reactive ketones (excluding diaryl/α,β-unsaturated/α-hetero) is 2. The van der Waals surface area contributed by atoms with Gasteiger partial charge < -0.3 is 15.0 Å². The molecule has 0 radical (unpaired) electrons. The number of carbonyl (C=O) groups is 3. The van der Waals surface area contributed by atoms with Gasteiger partial charge in [0.05, 0.1) is 19.1 Å². The van der Waals surface area contributed by atoms with E-state index in [1.54, 1.807) is 55.8 Å². The number of para-hydroxylation sites is 2. The fourth-order valence-electron chi connectivity index (χ4n) is 7.00. The van der Waals surface area contributed by atoms with Crippen molar-refractivity contribution < 1.29 is 19.1 Å². The topological polar surface area (TPSA) is 88.6 Å². The Balaban J connectivity index is 1.55. The maximum absolute atomic E-state index is 14.7. The minimum absolute atomic E-state index is 0.214. The molecule has 4 aromatic rings. The van der Waals surface area contributed by atoms with E-state index in [0.717, 1.165) is 16.8 Å². The first-order chi connectivity index (χ1) is 20.0. The largest absolute Gasteiger partial charge is 0.497 e. The number of benzene rings is 3. The predicted octanol–water partition coefficient (Wildman–Crippen LogP) is 5.34. The highest BCUT2D eigenvalue weighted by Gasteiger charge is 2.70. The summed E-state index contributed by atoms with van der Waals surface area (Å²) in [6, 6.07) is 25.8. The van der Waals surface area contributed by atoms with Crippen LogP contribution in [-0.4, -0.2) is 41.7 Å². The Hall–Kier alpha value is -5.04. The number of rotatable bonds is 5. The normalized spacial score (nSPS) is 23.8. The van der Waals surface area contributed by atoms with Crippen LogP contribution in [0, 0.1) is 5.92 Å². The van der Waals surface area contributed by atoms with E-state index in [-0.39, 0.29) is 23.2 Å². The van der Waals surface area contributed by atoms with Gasteiger partial charge in [0, 0.05) is 28.7 Å². The van der Waals surface area contributed by atoms with Crippen LogP contribution in [0.1, 0.15) is 38.9 Å². The molecule has 3 aliphatic rings. The molecule has 4 heterocycles. The number of allylic oxidation sites excluding steroid dienone is 1. The number of anilines is 2. The van der Waals surface area contributed by atoms with Gasteiger partial charge in [-0.25, -0.2) is 0 Å². The van der Waals surface area contributed by atoms with E-state index in [0.29, 0.717) is 22.6 Å². The molecular formula is C34H27N3O4. The molecule has 1 aromatic heterocycles. The van der Waals surface area contributed by atoms with Crippen molar-refractivity contribution >= 4 is 34.4 Å². The number of pyridine rings is 1. The molecule has 41 heavy (non-hydrogen) atoms. The van der Waals surface area contributed by atoms with E-state index in [1.165, 1.54) is 0 Å². The van der Waals surface area contributed by atoms with Gasteiger partial charge in [0.1, 0.15) is 22.9 Å². The van der Waals surface area contributed by atoms with Gasteiger partial charge in [-0.3, -0.25) is 19.4 Å². The fourth-order valence-corrected chi connectivity index (χ4v) is 7.00. The maximum atomic E-state index is 14.7. The summed E-state index contributed by atoms with van der Waals surface area (Å²) in [5.74, 6) is -1.45. The summed E-state index contributed by atoms with van der Waals surface area (Å²) < 4.78 is 5.43.